The normalized spacial score (nSPS) is 21.0. The van der Waals surface area contributed by atoms with Gasteiger partial charge in [-0.25, -0.2) is 0 Å². The minimum atomic E-state index is -0.267. The van der Waals surface area contributed by atoms with E-state index in [1.54, 1.807) is 0 Å². The highest BCUT2D eigenvalue weighted by molar-refractivity contribution is 5.94. The average Bonchev–Trinajstić information content (AvgIpc) is 2.54. The van der Waals surface area contributed by atoms with Gasteiger partial charge in [-0.3, -0.25) is 9.69 Å². The number of nitrogens with zero attached hydrogens (tertiary/aromatic N) is 1. The van der Waals surface area contributed by atoms with Crippen molar-refractivity contribution in [3.8, 4) is 0 Å². The fourth-order valence-corrected chi connectivity index (χ4v) is 2.34. The van der Waals surface area contributed by atoms with Crippen molar-refractivity contribution in [2.24, 2.45) is 5.73 Å². The Morgan fingerprint density at radius 3 is 2.86 bits per heavy atom. The molecule has 0 saturated carbocycles. The van der Waals surface area contributed by atoms with Gasteiger partial charge in [-0.1, -0.05) is 12.1 Å². The zero-order valence-electron chi connectivity index (χ0n) is 12.3. The van der Waals surface area contributed by atoms with Crippen LogP contribution in [0.25, 0.3) is 0 Å². The molecule has 1 heterocycles. The fourth-order valence-electron chi connectivity index (χ4n) is 2.34. The second-order valence-corrected chi connectivity index (χ2v) is 5.24. The molecule has 0 bridgehead atoms. The second kappa shape index (κ2) is 7.51. The van der Waals surface area contributed by atoms with Crippen molar-refractivity contribution in [2.45, 2.75) is 25.6 Å². The molecule has 6 heteroatoms. The summed E-state index contributed by atoms with van der Waals surface area (Å²) in [5.41, 5.74) is 7.33. The van der Waals surface area contributed by atoms with Crippen LogP contribution >= 0.6 is 0 Å². The minimum absolute atomic E-state index is 0.0224. The zero-order valence-corrected chi connectivity index (χ0v) is 12.3. The molecule has 1 amide bonds. The van der Waals surface area contributed by atoms with E-state index in [0.29, 0.717) is 26.2 Å². The summed E-state index contributed by atoms with van der Waals surface area (Å²) >= 11 is 0. The van der Waals surface area contributed by atoms with Crippen LogP contribution in [0.2, 0.25) is 0 Å². The number of amides is 1. The fraction of sp³-hybridized carbons (Fsp3) is 0.533. The number of nitrogens with two attached hydrogens (primary N) is 1. The van der Waals surface area contributed by atoms with Gasteiger partial charge in [0.05, 0.1) is 25.4 Å². The monoisotopic (exact) mass is 293 g/mol. The van der Waals surface area contributed by atoms with Gasteiger partial charge in [0.1, 0.15) is 0 Å². The molecule has 1 aromatic rings. The van der Waals surface area contributed by atoms with Crippen molar-refractivity contribution in [1.29, 1.82) is 0 Å². The number of ether oxygens (including phenoxy) is 1. The first-order chi connectivity index (χ1) is 10.1. The number of nitrogens with one attached hydrogen (secondary N) is 1. The Balaban J connectivity index is 1.92. The first-order valence-electron chi connectivity index (χ1n) is 7.20. The maximum atomic E-state index is 12.3. The molecule has 1 fully saturated rings. The maximum Gasteiger partial charge on any atom is 0.241 e. The van der Waals surface area contributed by atoms with Gasteiger partial charge >= 0.3 is 0 Å². The molecule has 6 nitrogen and oxygen atoms in total. The molecule has 2 rings (SSSR count). The Hall–Kier alpha value is -1.47. The Kier molecular flexibility index (Phi) is 5.69. The molecule has 0 radical (unpaired) electrons. The van der Waals surface area contributed by atoms with Gasteiger partial charge in [-0.05, 0) is 24.6 Å². The summed E-state index contributed by atoms with van der Waals surface area (Å²) in [5, 5.41) is 12.0. The van der Waals surface area contributed by atoms with E-state index in [2.05, 4.69) is 5.32 Å². The number of benzene rings is 1. The van der Waals surface area contributed by atoms with Gasteiger partial charge in [0.2, 0.25) is 5.91 Å². The number of hydrogen-bond donors (Lipinski definition) is 3. The molecule has 0 aliphatic carbocycles. The molecule has 21 heavy (non-hydrogen) atoms. The molecule has 1 aliphatic heterocycles. The predicted molar refractivity (Wildman–Crippen MR) is 80.8 cm³/mol. The summed E-state index contributed by atoms with van der Waals surface area (Å²) in [7, 11) is 0. The van der Waals surface area contributed by atoms with Crippen LogP contribution < -0.4 is 11.1 Å². The highest BCUT2D eigenvalue weighted by Crippen LogP contribution is 2.13. The molecule has 2 unspecified atom stereocenters. The first-order valence-corrected chi connectivity index (χ1v) is 7.20. The first kappa shape index (κ1) is 15.9. The summed E-state index contributed by atoms with van der Waals surface area (Å²) in [6, 6.07) is 7.23. The lowest BCUT2D eigenvalue weighted by Gasteiger charge is -2.35. The number of aliphatic hydroxyl groups excluding tert-OH is 1. The lowest BCUT2D eigenvalue weighted by atomic mass is 10.1. The maximum absolute atomic E-state index is 12.3. The number of anilines is 1. The zero-order chi connectivity index (χ0) is 15.2. The molecule has 116 valence electrons. The third kappa shape index (κ3) is 4.25. The van der Waals surface area contributed by atoms with E-state index in [-0.39, 0.29) is 24.7 Å². The summed E-state index contributed by atoms with van der Waals surface area (Å²) in [6.07, 6.45) is -0.210. The van der Waals surface area contributed by atoms with Crippen LogP contribution in [-0.2, 0) is 16.1 Å². The van der Waals surface area contributed by atoms with E-state index >= 15 is 0 Å². The molecule has 1 aliphatic rings. The number of morpholine rings is 1. The molecular formula is C15H23N3O3. The van der Waals surface area contributed by atoms with Crippen LogP contribution in [0.5, 0.6) is 0 Å². The Labute approximate surface area is 124 Å². The predicted octanol–water partition coefficient (Wildman–Crippen LogP) is 0.165. The van der Waals surface area contributed by atoms with Crippen molar-refractivity contribution in [1.82, 2.24) is 4.90 Å². The van der Waals surface area contributed by atoms with Crippen molar-refractivity contribution in [2.75, 3.05) is 31.6 Å². The third-order valence-electron chi connectivity index (χ3n) is 3.76. The highest BCUT2D eigenvalue weighted by atomic mass is 16.5. The Bertz CT molecular complexity index is 464. The van der Waals surface area contributed by atoms with Crippen molar-refractivity contribution in [3.05, 3.63) is 29.8 Å². The Morgan fingerprint density at radius 1 is 1.52 bits per heavy atom. The van der Waals surface area contributed by atoms with E-state index in [9.17, 15) is 4.79 Å². The van der Waals surface area contributed by atoms with Gasteiger partial charge < -0.3 is 20.9 Å². The summed E-state index contributed by atoms with van der Waals surface area (Å²) in [6.45, 7) is 4.12. The van der Waals surface area contributed by atoms with Gasteiger partial charge in [0, 0.05) is 25.3 Å². The smallest absolute Gasteiger partial charge is 0.241 e. The molecule has 1 aromatic carbocycles. The van der Waals surface area contributed by atoms with Crippen molar-refractivity contribution in [3.63, 3.8) is 0 Å². The standard InChI is InChI=1S/C15H23N3O3/c1-11(18-6-7-21-14(9-18)10-19)15(20)17-13-4-2-12(8-16)3-5-13/h2-5,11,14,19H,6-10,16H2,1H3,(H,17,20). The SMILES string of the molecule is CC(C(=O)Nc1ccc(CN)cc1)N1CCOC(CO)C1. The number of carbonyl (C=O) groups is 1. The molecule has 0 spiro atoms. The average molecular weight is 293 g/mol. The third-order valence-corrected chi connectivity index (χ3v) is 3.76. The van der Waals surface area contributed by atoms with Crippen molar-refractivity contribution < 1.29 is 14.6 Å². The van der Waals surface area contributed by atoms with E-state index in [1.165, 1.54) is 0 Å². The molecule has 2 atom stereocenters. The number of hydrogen-bond acceptors (Lipinski definition) is 5. The second-order valence-electron chi connectivity index (χ2n) is 5.24. The molecule has 4 N–H and O–H groups in total. The highest BCUT2D eigenvalue weighted by Gasteiger charge is 2.27. The van der Waals surface area contributed by atoms with Crippen LogP contribution in [0.4, 0.5) is 5.69 Å². The van der Waals surface area contributed by atoms with Crippen LogP contribution in [-0.4, -0.2) is 54.4 Å². The van der Waals surface area contributed by atoms with Crippen molar-refractivity contribution >= 4 is 11.6 Å². The van der Waals surface area contributed by atoms with Crippen LogP contribution in [0.15, 0.2) is 24.3 Å². The van der Waals surface area contributed by atoms with E-state index in [0.717, 1.165) is 11.3 Å². The van der Waals surface area contributed by atoms with E-state index < -0.39 is 0 Å². The van der Waals surface area contributed by atoms with E-state index in [1.807, 2.05) is 36.1 Å². The van der Waals surface area contributed by atoms with E-state index in [4.69, 9.17) is 15.6 Å². The van der Waals surface area contributed by atoms with Gasteiger partial charge in [-0.15, -0.1) is 0 Å². The lowest BCUT2D eigenvalue weighted by molar-refractivity contribution is -0.125. The molecule has 1 saturated heterocycles. The van der Waals surface area contributed by atoms with Crippen LogP contribution in [0, 0.1) is 0 Å². The topological polar surface area (TPSA) is 87.8 Å². The van der Waals surface area contributed by atoms with Crippen LogP contribution in [0.1, 0.15) is 12.5 Å². The summed E-state index contributed by atoms with van der Waals surface area (Å²) in [5.74, 6) is -0.0610. The van der Waals surface area contributed by atoms with Crippen LogP contribution in [0.3, 0.4) is 0 Å². The molecule has 0 aromatic heterocycles. The lowest BCUT2D eigenvalue weighted by Crippen LogP contribution is -2.51. The summed E-state index contributed by atoms with van der Waals surface area (Å²) in [4.78, 5) is 14.3. The molecular weight excluding hydrogens is 270 g/mol. The number of aliphatic hydroxyl groups is 1. The number of rotatable bonds is 5. The summed E-state index contributed by atoms with van der Waals surface area (Å²) < 4.78 is 5.40. The van der Waals surface area contributed by atoms with Gasteiger partial charge in [0.15, 0.2) is 0 Å². The number of carbonyl (C=O) groups excluding carboxylic acids is 1. The largest absolute Gasteiger partial charge is 0.394 e. The quantitative estimate of drug-likeness (QED) is 0.720. The van der Waals surface area contributed by atoms with Gasteiger partial charge in [-0.2, -0.15) is 0 Å². The Morgan fingerprint density at radius 2 is 2.24 bits per heavy atom. The van der Waals surface area contributed by atoms with Gasteiger partial charge in [0.25, 0.3) is 0 Å². The minimum Gasteiger partial charge on any atom is -0.394 e.